The zero-order valence-electron chi connectivity index (χ0n) is 13.3. The number of carbonyl (C=O) groups excluding carboxylic acids is 1. The zero-order chi connectivity index (χ0) is 16.4. The molecule has 2 aliphatic heterocycles. The second kappa shape index (κ2) is 7.18. The Morgan fingerprint density at radius 2 is 2.30 bits per heavy atom. The van der Waals surface area contributed by atoms with Crippen molar-refractivity contribution < 1.29 is 14.6 Å². The van der Waals surface area contributed by atoms with Crippen molar-refractivity contribution in [3.63, 3.8) is 0 Å². The molecule has 6 heteroatoms. The fourth-order valence-electron chi connectivity index (χ4n) is 3.54. The first kappa shape index (κ1) is 16.7. The van der Waals surface area contributed by atoms with Gasteiger partial charge in [0.05, 0.1) is 23.3 Å². The molecule has 0 spiro atoms. The summed E-state index contributed by atoms with van der Waals surface area (Å²) in [4.78, 5) is 14.9. The number of hydrogen-bond donors (Lipinski definition) is 2. The van der Waals surface area contributed by atoms with Crippen LogP contribution in [0.2, 0.25) is 5.02 Å². The van der Waals surface area contributed by atoms with Crippen molar-refractivity contribution in [1.82, 2.24) is 10.2 Å². The minimum absolute atomic E-state index is 0.0940. The summed E-state index contributed by atoms with van der Waals surface area (Å²) in [7, 11) is 0. The van der Waals surface area contributed by atoms with Crippen molar-refractivity contribution in [2.24, 2.45) is 0 Å². The molecule has 3 rings (SSSR count). The summed E-state index contributed by atoms with van der Waals surface area (Å²) in [5, 5.41) is 12.6. The lowest BCUT2D eigenvalue weighted by Crippen LogP contribution is -2.46. The van der Waals surface area contributed by atoms with Gasteiger partial charge in [0, 0.05) is 31.8 Å². The van der Waals surface area contributed by atoms with E-state index in [2.05, 4.69) is 10.2 Å². The largest absolute Gasteiger partial charge is 0.396 e. The van der Waals surface area contributed by atoms with E-state index in [1.165, 1.54) is 0 Å². The number of benzene rings is 1. The maximum absolute atomic E-state index is 12.5. The molecule has 2 aliphatic rings. The van der Waals surface area contributed by atoms with Crippen LogP contribution in [0.15, 0.2) is 18.2 Å². The van der Waals surface area contributed by atoms with E-state index in [0.717, 1.165) is 25.1 Å². The standard InChI is InChI=1S/C17H23ClN2O3/c1-11-3-2-4-15(18)16(11)17(22)19-12-7-13-10-23-14(5-6-21)9-20(13)8-12/h2-4,12-14,21H,5-10H2,1H3,(H,19,22)/t12-,13-,14-/m0/s1. The molecule has 2 saturated heterocycles. The molecule has 2 N–H and O–H groups in total. The molecule has 126 valence electrons. The van der Waals surface area contributed by atoms with Crippen LogP contribution in [-0.2, 0) is 4.74 Å². The van der Waals surface area contributed by atoms with Gasteiger partial charge in [0.25, 0.3) is 5.91 Å². The van der Waals surface area contributed by atoms with Crippen molar-refractivity contribution in [3.8, 4) is 0 Å². The van der Waals surface area contributed by atoms with Crippen molar-refractivity contribution >= 4 is 17.5 Å². The molecule has 2 heterocycles. The Bertz CT molecular complexity index is 561. The monoisotopic (exact) mass is 338 g/mol. The first-order valence-corrected chi connectivity index (χ1v) is 8.48. The van der Waals surface area contributed by atoms with E-state index in [1.54, 1.807) is 6.07 Å². The molecular formula is C17H23ClN2O3. The Hall–Kier alpha value is -1.14. The van der Waals surface area contributed by atoms with Crippen molar-refractivity contribution in [2.45, 2.75) is 38.0 Å². The van der Waals surface area contributed by atoms with E-state index in [0.29, 0.717) is 29.7 Å². The molecule has 5 nitrogen and oxygen atoms in total. The molecule has 0 unspecified atom stereocenters. The van der Waals surface area contributed by atoms with Gasteiger partial charge in [-0.05, 0) is 31.4 Å². The summed E-state index contributed by atoms with van der Waals surface area (Å²) >= 11 is 6.17. The number of aryl methyl sites for hydroxylation is 1. The number of aliphatic hydroxyl groups is 1. The summed E-state index contributed by atoms with van der Waals surface area (Å²) < 4.78 is 5.77. The summed E-state index contributed by atoms with van der Waals surface area (Å²) in [5.41, 5.74) is 1.45. The summed E-state index contributed by atoms with van der Waals surface area (Å²) in [5.74, 6) is -0.106. The molecule has 0 saturated carbocycles. The molecule has 0 aromatic heterocycles. The van der Waals surface area contributed by atoms with Crippen LogP contribution < -0.4 is 5.32 Å². The van der Waals surface area contributed by atoms with Crippen molar-refractivity contribution in [3.05, 3.63) is 34.3 Å². The number of nitrogens with zero attached hydrogens (tertiary/aromatic N) is 1. The number of fused-ring (bicyclic) bond motifs is 1. The minimum Gasteiger partial charge on any atom is -0.396 e. The van der Waals surface area contributed by atoms with E-state index in [-0.39, 0.29) is 24.7 Å². The molecule has 1 aromatic carbocycles. The smallest absolute Gasteiger partial charge is 0.253 e. The number of carbonyl (C=O) groups is 1. The SMILES string of the molecule is Cc1cccc(Cl)c1C(=O)N[C@H]1C[C@H]2CO[C@@H](CCO)CN2C1. The number of morpholine rings is 1. The number of ether oxygens (including phenoxy) is 1. The van der Waals surface area contributed by atoms with Crippen LogP contribution in [0.25, 0.3) is 0 Å². The normalized spacial score (nSPS) is 27.7. The van der Waals surface area contributed by atoms with Crippen molar-refractivity contribution in [1.29, 1.82) is 0 Å². The highest BCUT2D eigenvalue weighted by Gasteiger charge is 2.37. The van der Waals surface area contributed by atoms with Crippen LogP contribution in [0.1, 0.15) is 28.8 Å². The molecular weight excluding hydrogens is 316 g/mol. The molecule has 0 radical (unpaired) electrons. The Morgan fingerprint density at radius 3 is 3.04 bits per heavy atom. The number of nitrogens with one attached hydrogen (secondary N) is 1. The highest BCUT2D eigenvalue weighted by Crippen LogP contribution is 2.25. The van der Waals surface area contributed by atoms with E-state index in [4.69, 9.17) is 21.4 Å². The van der Waals surface area contributed by atoms with E-state index >= 15 is 0 Å². The fourth-order valence-corrected chi connectivity index (χ4v) is 3.85. The van der Waals surface area contributed by atoms with Gasteiger partial charge in [0.2, 0.25) is 0 Å². The third-order valence-electron chi connectivity index (χ3n) is 4.73. The molecule has 1 amide bonds. The molecule has 3 atom stereocenters. The Labute approximate surface area is 141 Å². The number of amides is 1. The lowest BCUT2D eigenvalue weighted by atomic mass is 10.1. The van der Waals surface area contributed by atoms with Gasteiger partial charge in [-0.1, -0.05) is 23.7 Å². The Balaban J connectivity index is 1.61. The number of halogens is 1. The van der Waals surface area contributed by atoms with Gasteiger partial charge in [0.1, 0.15) is 0 Å². The third kappa shape index (κ3) is 3.69. The van der Waals surface area contributed by atoms with Gasteiger partial charge in [-0.25, -0.2) is 0 Å². The van der Waals surface area contributed by atoms with Crippen LogP contribution in [0.3, 0.4) is 0 Å². The van der Waals surface area contributed by atoms with Crippen LogP contribution in [0, 0.1) is 6.92 Å². The number of aliphatic hydroxyl groups excluding tert-OH is 1. The van der Waals surface area contributed by atoms with Gasteiger partial charge in [-0.2, -0.15) is 0 Å². The average Bonchev–Trinajstić information content (AvgIpc) is 2.88. The third-order valence-corrected chi connectivity index (χ3v) is 5.04. The highest BCUT2D eigenvalue weighted by molar-refractivity contribution is 6.34. The average molecular weight is 339 g/mol. The summed E-state index contributed by atoms with van der Waals surface area (Å²) in [6.07, 6.45) is 1.65. The maximum atomic E-state index is 12.5. The maximum Gasteiger partial charge on any atom is 0.253 e. The predicted octanol–water partition coefficient (Wildman–Crippen LogP) is 1.60. The summed E-state index contributed by atoms with van der Waals surface area (Å²) in [6, 6.07) is 5.95. The lowest BCUT2D eigenvalue weighted by molar-refractivity contribution is -0.0566. The van der Waals surface area contributed by atoms with E-state index in [9.17, 15) is 4.79 Å². The second-order valence-electron chi connectivity index (χ2n) is 6.41. The first-order chi connectivity index (χ1) is 11.1. The Kier molecular flexibility index (Phi) is 5.21. The number of hydrogen-bond acceptors (Lipinski definition) is 4. The quantitative estimate of drug-likeness (QED) is 0.875. The Morgan fingerprint density at radius 1 is 1.48 bits per heavy atom. The molecule has 1 aromatic rings. The van der Waals surface area contributed by atoms with Gasteiger partial charge in [-0.3, -0.25) is 9.69 Å². The lowest BCUT2D eigenvalue weighted by Gasteiger charge is -2.34. The zero-order valence-corrected chi connectivity index (χ0v) is 14.1. The topological polar surface area (TPSA) is 61.8 Å². The summed E-state index contributed by atoms with van der Waals surface area (Å²) in [6.45, 7) is 4.36. The van der Waals surface area contributed by atoms with Gasteiger partial charge < -0.3 is 15.2 Å². The molecule has 2 fully saturated rings. The molecule has 0 aliphatic carbocycles. The van der Waals surface area contributed by atoms with Crippen molar-refractivity contribution in [2.75, 3.05) is 26.3 Å². The van der Waals surface area contributed by atoms with Gasteiger partial charge in [-0.15, -0.1) is 0 Å². The van der Waals surface area contributed by atoms with Crippen LogP contribution >= 0.6 is 11.6 Å². The van der Waals surface area contributed by atoms with E-state index in [1.807, 2.05) is 19.1 Å². The second-order valence-corrected chi connectivity index (χ2v) is 6.82. The van der Waals surface area contributed by atoms with Crippen LogP contribution in [0.4, 0.5) is 0 Å². The first-order valence-electron chi connectivity index (χ1n) is 8.11. The minimum atomic E-state index is -0.106. The van der Waals surface area contributed by atoms with Gasteiger partial charge >= 0.3 is 0 Å². The highest BCUT2D eigenvalue weighted by atomic mass is 35.5. The predicted molar refractivity (Wildman–Crippen MR) is 88.9 cm³/mol. The molecule has 0 bridgehead atoms. The van der Waals surface area contributed by atoms with Crippen LogP contribution in [-0.4, -0.2) is 60.4 Å². The fraction of sp³-hybridized carbons (Fsp3) is 0.588. The van der Waals surface area contributed by atoms with Crippen LogP contribution in [0.5, 0.6) is 0 Å². The molecule has 23 heavy (non-hydrogen) atoms. The van der Waals surface area contributed by atoms with Gasteiger partial charge in [0.15, 0.2) is 0 Å². The number of rotatable bonds is 4. The van der Waals surface area contributed by atoms with E-state index < -0.39 is 0 Å².